The number of carbonyl (C=O) groups excluding carboxylic acids is 1. The fourth-order valence-corrected chi connectivity index (χ4v) is 2.73. The van der Waals surface area contributed by atoms with Gasteiger partial charge < -0.3 is 9.88 Å². The Morgan fingerprint density at radius 1 is 1.12 bits per heavy atom. The second-order valence-corrected chi connectivity index (χ2v) is 6.04. The van der Waals surface area contributed by atoms with Crippen LogP contribution in [-0.2, 0) is 13.5 Å². The summed E-state index contributed by atoms with van der Waals surface area (Å²) < 4.78 is 1.94. The summed E-state index contributed by atoms with van der Waals surface area (Å²) >= 11 is 0. The van der Waals surface area contributed by atoms with Crippen molar-refractivity contribution in [2.45, 2.75) is 20.3 Å². The van der Waals surface area contributed by atoms with Crippen LogP contribution in [0, 0.1) is 13.8 Å². The van der Waals surface area contributed by atoms with E-state index >= 15 is 0 Å². The highest BCUT2D eigenvalue weighted by atomic mass is 16.1. The predicted molar refractivity (Wildman–Crippen MR) is 96.2 cm³/mol. The zero-order valence-corrected chi connectivity index (χ0v) is 14.7. The van der Waals surface area contributed by atoms with Crippen molar-refractivity contribution in [1.82, 2.24) is 24.8 Å². The van der Waals surface area contributed by atoms with Crippen molar-refractivity contribution in [2.24, 2.45) is 7.05 Å². The average molecular weight is 335 g/mol. The molecule has 0 aliphatic rings. The van der Waals surface area contributed by atoms with Crippen LogP contribution in [0.4, 0.5) is 0 Å². The Kier molecular flexibility index (Phi) is 4.88. The summed E-state index contributed by atoms with van der Waals surface area (Å²) in [6.45, 7) is 4.40. The quantitative estimate of drug-likeness (QED) is 0.777. The molecule has 0 aliphatic heterocycles. The monoisotopic (exact) mass is 335 g/mol. The van der Waals surface area contributed by atoms with Gasteiger partial charge in [0.2, 0.25) is 0 Å². The molecule has 1 N–H and O–H groups in total. The van der Waals surface area contributed by atoms with Crippen molar-refractivity contribution in [3.8, 4) is 11.3 Å². The van der Waals surface area contributed by atoms with Crippen LogP contribution in [0.15, 0.2) is 42.9 Å². The van der Waals surface area contributed by atoms with Gasteiger partial charge >= 0.3 is 0 Å². The summed E-state index contributed by atoms with van der Waals surface area (Å²) in [5.74, 6) is 0.658. The third kappa shape index (κ3) is 4.09. The topological polar surface area (TPSA) is 72.7 Å². The maximum absolute atomic E-state index is 12.3. The normalized spacial score (nSPS) is 10.7. The molecule has 0 aliphatic carbocycles. The number of imidazole rings is 1. The Hall–Kier alpha value is -3.02. The van der Waals surface area contributed by atoms with Crippen molar-refractivity contribution in [3.63, 3.8) is 0 Å². The SMILES string of the molecule is Cc1cc(C)nc(CCNC(=O)c2ccc(-c3cncn3C)cc2)n1. The molecule has 0 saturated heterocycles. The van der Waals surface area contributed by atoms with E-state index in [2.05, 4.69) is 20.3 Å². The van der Waals surface area contributed by atoms with E-state index in [1.54, 1.807) is 12.5 Å². The van der Waals surface area contributed by atoms with Gasteiger partial charge in [0.25, 0.3) is 5.91 Å². The van der Waals surface area contributed by atoms with Crippen molar-refractivity contribution in [3.05, 3.63) is 65.6 Å². The van der Waals surface area contributed by atoms with Crippen LogP contribution >= 0.6 is 0 Å². The zero-order chi connectivity index (χ0) is 17.8. The average Bonchev–Trinajstić information content (AvgIpc) is 3.00. The van der Waals surface area contributed by atoms with E-state index in [0.717, 1.165) is 28.5 Å². The van der Waals surface area contributed by atoms with E-state index in [0.29, 0.717) is 18.5 Å². The summed E-state index contributed by atoms with van der Waals surface area (Å²) in [4.78, 5) is 25.1. The van der Waals surface area contributed by atoms with Crippen molar-refractivity contribution >= 4 is 5.91 Å². The van der Waals surface area contributed by atoms with Gasteiger partial charge in [-0.2, -0.15) is 0 Å². The van der Waals surface area contributed by atoms with E-state index in [4.69, 9.17) is 0 Å². The summed E-state index contributed by atoms with van der Waals surface area (Å²) in [7, 11) is 1.94. The summed E-state index contributed by atoms with van der Waals surface area (Å²) in [6, 6.07) is 9.44. The number of hydrogen-bond acceptors (Lipinski definition) is 4. The lowest BCUT2D eigenvalue weighted by Gasteiger charge is -2.07. The third-order valence-corrected chi connectivity index (χ3v) is 3.92. The number of nitrogens with one attached hydrogen (secondary N) is 1. The van der Waals surface area contributed by atoms with Gasteiger partial charge in [0.1, 0.15) is 5.82 Å². The summed E-state index contributed by atoms with van der Waals surface area (Å²) in [5, 5.41) is 2.92. The smallest absolute Gasteiger partial charge is 0.251 e. The molecule has 1 amide bonds. The van der Waals surface area contributed by atoms with Crippen LogP contribution in [0.3, 0.4) is 0 Å². The van der Waals surface area contributed by atoms with Gasteiger partial charge in [0.05, 0.1) is 18.2 Å². The predicted octanol–water partition coefficient (Wildman–Crippen LogP) is 2.47. The number of aryl methyl sites for hydroxylation is 3. The molecule has 0 spiro atoms. The molecule has 6 heteroatoms. The van der Waals surface area contributed by atoms with Gasteiger partial charge in [-0.1, -0.05) is 12.1 Å². The number of hydrogen-bond donors (Lipinski definition) is 1. The van der Waals surface area contributed by atoms with Gasteiger partial charge in [-0.3, -0.25) is 4.79 Å². The minimum atomic E-state index is -0.0964. The largest absolute Gasteiger partial charge is 0.352 e. The van der Waals surface area contributed by atoms with Gasteiger partial charge in [-0.15, -0.1) is 0 Å². The molecule has 0 fully saturated rings. The van der Waals surface area contributed by atoms with E-state index < -0.39 is 0 Å². The standard InChI is InChI=1S/C19H21N5O/c1-13-10-14(2)23-18(22-13)8-9-21-19(25)16-6-4-15(5-7-16)17-11-20-12-24(17)3/h4-7,10-12H,8-9H2,1-3H3,(H,21,25). The number of carbonyl (C=O) groups is 1. The molecular formula is C19H21N5O. The molecule has 6 nitrogen and oxygen atoms in total. The molecule has 1 aromatic carbocycles. The van der Waals surface area contributed by atoms with Crippen LogP contribution in [0.2, 0.25) is 0 Å². The van der Waals surface area contributed by atoms with Gasteiger partial charge in [0, 0.05) is 37.0 Å². The number of nitrogens with zero attached hydrogens (tertiary/aromatic N) is 4. The minimum absolute atomic E-state index is 0.0964. The first-order valence-corrected chi connectivity index (χ1v) is 8.19. The molecule has 0 bridgehead atoms. The lowest BCUT2D eigenvalue weighted by Crippen LogP contribution is -2.26. The fourth-order valence-electron chi connectivity index (χ4n) is 2.73. The minimum Gasteiger partial charge on any atom is -0.352 e. The van der Waals surface area contributed by atoms with Crippen molar-refractivity contribution in [2.75, 3.05) is 6.54 Å². The van der Waals surface area contributed by atoms with Gasteiger partial charge in [-0.05, 0) is 37.6 Å². The maximum Gasteiger partial charge on any atom is 0.251 e. The first kappa shape index (κ1) is 16.8. The molecule has 25 heavy (non-hydrogen) atoms. The second-order valence-electron chi connectivity index (χ2n) is 6.04. The number of amides is 1. The van der Waals surface area contributed by atoms with Crippen LogP contribution < -0.4 is 5.32 Å². The van der Waals surface area contributed by atoms with E-state index in [9.17, 15) is 4.79 Å². The zero-order valence-electron chi connectivity index (χ0n) is 14.7. The van der Waals surface area contributed by atoms with Gasteiger partial charge in [0.15, 0.2) is 0 Å². The fraction of sp³-hybridized carbons (Fsp3) is 0.263. The highest BCUT2D eigenvalue weighted by Crippen LogP contribution is 2.18. The van der Waals surface area contributed by atoms with Crippen LogP contribution in [0.25, 0.3) is 11.3 Å². The molecule has 128 valence electrons. The van der Waals surface area contributed by atoms with Crippen LogP contribution in [-0.4, -0.2) is 32.0 Å². The summed E-state index contributed by atoms with van der Waals surface area (Å²) in [6.07, 6.45) is 4.17. The van der Waals surface area contributed by atoms with Crippen LogP contribution in [0.5, 0.6) is 0 Å². The van der Waals surface area contributed by atoms with E-state index in [1.807, 2.05) is 55.8 Å². The lowest BCUT2D eigenvalue weighted by atomic mass is 10.1. The first-order chi connectivity index (χ1) is 12.0. The second kappa shape index (κ2) is 7.25. The van der Waals surface area contributed by atoms with E-state index in [-0.39, 0.29) is 5.91 Å². The molecule has 3 aromatic rings. The molecule has 0 radical (unpaired) electrons. The Morgan fingerprint density at radius 2 is 1.80 bits per heavy atom. The highest BCUT2D eigenvalue weighted by molar-refractivity contribution is 5.94. The molecular weight excluding hydrogens is 314 g/mol. The molecule has 0 unspecified atom stereocenters. The van der Waals surface area contributed by atoms with Crippen LogP contribution in [0.1, 0.15) is 27.6 Å². The highest BCUT2D eigenvalue weighted by Gasteiger charge is 2.08. The van der Waals surface area contributed by atoms with Crippen molar-refractivity contribution in [1.29, 1.82) is 0 Å². The molecule has 2 heterocycles. The Balaban J connectivity index is 1.59. The lowest BCUT2D eigenvalue weighted by molar-refractivity contribution is 0.0954. The first-order valence-electron chi connectivity index (χ1n) is 8.19. The molecule has 0 saturated carbocycles. The number of benzene rings is 1. The number of aromatic nitrogens is 4. The Morgan fingerprint density at radius 3 is 2.40 bits per heavy atom. The number of rotatable bonds is 5. The molecule has 3 rings (SSSR count). The van der Waals surface area contributed by atoms with E-state index in [1.165, 1.54) is 0 Å². The Bertz CT molecular complexity index is 863. The molecule has 0 atom stereocenters. The van der Waals surface area contributed by atoms with Crippen molar-refractivity contribution < 1.29 is 4.79 Å². The third-order valence-electron chi connectivity index (χ3n) is 3.92. The Labute approximate surface area is 147 Å². The summed E-state index contributed by atoms with van der Waals surface area (Å²) in [5.41, 5.74) is 4.56. The van der Waals surface area contributed by atoms with Gasteiger partial charge in [-0.25, -0.2) is 15.0 Å². The molecule has 2 aromatic heterocycles. The maximum atomic E-state index is 12.3.